The molecule has 0 aromatic heterocycles. The van der Waals surface area contributed by atoms with E-state index in [4.69, 9.17) is 15.2 Å². The third-order valence-electron chi connectivity index (χ3n) is 4.97. The van der Waals surface area contributed by atoms with Gasteiger partial charge in [0.15, 0.2) is 0 Å². The molecule has 2 aliphatic rings. The fraction of sp³-hybridized carbons (Fsp3) is 0.938. The highest BCUT2D eigenvalue weighted by Gasteiger charge is 2.40. The lowest BCUT2D eigenvalue weighted by Gasteiger charge is -2.43. The normalized spacial score (nSPS) is 32.0. The van der Waals surface area contributed by atoms with Crippen LogP contribution in [0.4, 0.5) is 0 Å². The van der Waals surface area contributed by atoms with Crippen LogP contribution in [0.15, 0.2) is 0 Å². The molecule has 130 valence electrons. The Morgan fingerprint density at radius 3 is 2.50 bits per heavy atom. The fourth-order valence-electron chi connectivity index (χ4n) is 3.81. The molecule has 2 saturated carbocycles. The minimum atomic E-state index is 0. The van der Waals surface area contributed by atoms with Crippen molar-refractivity contribution in [2.75, 3.05) is 26.9 Å². The van der Waals surface area contributed by atoms with E-state index < -0.39 is 0 Å². The summed E-state index contributed by atoms with van der Waals surface area (Å²) < 4.78 is 10.4. The first-order valence-corrected chi connectivity index (χ1v) is 8.24. The van der Waals surface area contributed by atoms with Gasteiger partial charge in [-0.05, 0) is 44.4 Å². The highest BCUT2D eigenvalue weighted by Crippen LogP contribution is 2.41. The highest BCUT2D eigenvalue weighted by atomic mass is 35.5. The fourth-order valence-corrected chi connectivity index (χ4v) is 3.81. The zero-order valence-electron chi connectivity index (χ0n) is 13.8. The zero-order chi connectivity index (χ0) is 15.2. The second-order valence-corrected chi connectivity index (χ2v) is 6.67. The van der Waals surface area contributed by atoms with Crippen molar-refractivity contribution in [1.82, 2.24) is 5.32 Å². The van der Waals surface area contributed by atoms with E-state index in [1.54, 1.807) is 7.11 Å². The van der Waals surface area contributed by atoms with Crippen molar-refractivity contribution in [2.24, 2.45) is 23.5 Å². The summed E-state index contributed by atoms with van der Waals surface area (Å²) in [6, 6.07) is 0.363. The molecule has 6 heteroatoms. The van der Waals surface area contributed by atoms with Crippen LogP contribution in [-0.2, 0) is 14.3 Å². The number of carbonyl (C=O) groups is 1. The lowest BCUT2D eigenvalue weighted by Crippen LogP contribution is -2.50. The molecule has 0 radical (unpaired) electrons. The minimum Gasteiger partial charge on any atom is -0.382 e. The van der Waals surface area contributed by atoms with Crippen LogP contribution in [0.5, 0.6) is 0 Å². The molecule has 2 bridgehead atoms. The summed E-state index contributed by atoms with van der Waals surface area (Å²) in [5, 5.41) is 3.09. The number of nitrogens with one attached hydrogen (secondary N) is 1. The van der Waals surface area contributed by atoms with E-state index in [1.165, 1.54) is 19.3 Å². The average Bonchev–Trinajstić information content (AvgIpc) is 2.43. The number of hydrogen-bond donors (Lipinski definition) is 2. The predicted molar refractivity (Wildman–Crippen MR) is 89.1 cm³/mol. The molecule has 22 heavy (non-hydrogen) atoms. The Morgan fingerprint density at radius 2 is 1.91 bits per heavy atom. The number of rotatable bonds is 7. The number of nitrogens with two attached hydrogens (primary N) is 1. The van der Waals surface area contributed by atoms with E-state index in [1.807, 2.05) is 6.92 Å². The van der Waals surface area contributed by atoms with Crippen LogP contribution in [0.1, 0.15) is 39.0 Å². The van der Waals surface area contributed by atoms with Gasteiger partial charge in [0, 0.05) is 25.1 Å². The summed E-state index contributed by atoms with van der Waals surface area (Å²) in [7, 11) is 1.65. The third kappa shape index (κ3) is 5.37. The Labute approximate surface area is 140 Å². The molecule has 0 aromatic carbocycles. The zero-order valence-corrected chi connectivity index (χ0v) is 14.6. The lowest BCUT2D eigenvalue weighted by molar-refractivity contribution is -0.129. The first-order valence-electron chi connectivity index (χ1n) is 8.24. The summed E-state index contributed by atoms with van der Waals surface area (Å²) in [6.07, 6.45) is 5.58. The van der Waals surface area contributed by atoms with Gasteiger partial charge in [-0.1, -0.05) is 6.42 Å². The molecule has 2 aliphatic carbocycles. The molecule has 0 aromatic rings. The van der Waals surface area contributed by atoms with Crippen LogP contribution < -0.4 is 11.1 Å². The molecule has 3 atom stereocenters. The molecular weight excluding hydrogens is 304 g/mol. The van der Waals surface area contributed by atoms with Crippen LogP contribution in [-0.4, -0.2) is 44.9 Å². The first kappa shape index (κ1) is 19.7. The Hall–Kier alpha value is -0.360. The van der Waals surface area contributed by atoms with Gasteiger partial charge in [-0.2, -0.15) is 0 Å². The topological polar surface area (TPSA) is 73.6 Å². The maximum Gasteiger partial charge on any atom is 0.223 e. The summed E-state index contributed by atoms with van der Waals surface area (Å²) in [6.45, 7) is 3.68. The van der Waals surface area contributed by atoms with Crippen molar-refractivity contribution >= 4 is 18.3 Å². The van der Waals surface area contributed by atoms with Crippen LogP contribution in [0.2, 0.25) is 0 Å². The number of methoxy groups -OCH3 is 1. The van der Waals surface area contributed by atoms with Gasteiger partial charge in [0.25, 0.3) is 0 Å². The maximum absolute atomic E-state index is 12.4. The summed E-state index contributed by atoms with van der Waals surface area (Å²) in [5.74, 6) is 1.41. The second kappa shape index (κ2) is 9.71. The molecule has 0 saturated heterocycles. The molecule has 0 spiro atoms. The standard InChI is InChI=1S/C16H30N2O3.ClH/c1-11(10-21-7-6-20-2)18-16(19)14-8-12-4-3-5-13(9-14)15(12)17;/h11-15H,3-10,17H2,1-2H3,(H,18,19);1H. The van der Waals surface area contributed by atoms with Crippen molar-refractivity contribution in [3.8, 4) is 0 Å². The molecule has 0 heterocycles. The van der Waals surface area contributed by atoms with E-state index in [9.17, 15) is 4.79 Å². The van der Waals surface area contributed by atoms with Crippen molar-refractivity contribution in [2.45, 2.75) is 51.1 Å². The largest absolute Gasteiger partial charge is 0.382 e. The Bertz CT molecular complexity index is 329. The Morgan fingerprint density at radius 1 is 1.27 bits per heavy atom. The van der Waals surface area contributed by atoms with Crippen molar-refractivity contribution in [3.63, 3.8) is 0 Å². The number of carbonyl (C=O) groups excluding carboxylic acids is 1. The van der Waals surface area contributed by atoms with Gasteiger partial charge in [-0.15, -0.1) is 12.4 Å². The molecule has 3 N–H and O–H groups in total. The summed E-state index contributed by atoms with van der Waals surface area (Å²) in [5.41, 5.74) is 6.28. The van der Waals surface area contributed by atoms with Gasteiger partial charge >= 0.3 is 0 Å². The number of halogens is 1. The average molecular weight is 335 g/mol. The highest BCUT2D eigenvalue weighted by molar-refractivity contribution is 5.85. The lowest BCUT2D eigenvalue weighted by atomic mass is 9.65. The minimum absolute atomic E-state index is 0. The van der Waals surface area contributed by atoms with Gasteiger partial charge in [0.05, 0.1) is 19.8 Å². The van der Waals surface area contributed by atoms with Crippen molar-refractivity contribution in [3.05, 3.63) is 0 Å². The molecule has 5 nitrogen and oxygen atoms in total. The molecule has 0 aliphatic heterocycles. The summed E-state index contributed by atoms with van der Waals surface area (Å²) >= 11 is 0. The summed E-state index contributed by atoms with van der Waals surface area (Å²) in [4.78, 5) is 12.4. The van der Waals surface area contributed by atoms with Crippen LogP contribution in [0.25, 0.3) is 0 Å². The SMILES string of the molecule is COCCOCC(C)NC(=O)C1CC2CCCC(C1)C2N.Cl. The first-order chi connectivity index (χ1) is 10.1. The Kier molecular flexibility index (Phi) is 8.69. The van der Waals surface area contributed by atoms with E-state index >= 15 is 0 Å². The van der Waals surface area contributed by atoms with E-state index in [2.05, 4.69) is 5.32 Å². The van der Waals surface area contributed by atoms with Gasteiger partial charge in [-0.25, -0.2) is 0 Å². The van der Waals surface area contributed by atoms with Crippen LogP contribution in [0.3, 0.4) is 0 Å². The Balaban J connectivity index is 0.00000242. The number of amides is 1. The van der Waals surface area contributed by atoms with Crippen LogP contribution in [0, 0.1) is 17.8 Å². The van der Waals surface area contributed by atoms with Crippen molar-refractivity contribution < 1.29 is 14.3 Å². The molecule has 2 fully saturated rings. The number of fused-ring (bicyclic) bond motifs is 2. The smallest absolute Gasteiger partial charge is 0.223 e. The molecular formula is C16H31ClN2O3. The van der Waals surface area contributed by atoms with Gasteiger partial charge in [-0.3, -0.25) is 4.79 Å². The second-order valence-electron chi connectivity index (χ2n) is 6.67. The molecule has 3 unspecified atom stereocenters. The van der Waals surface area contributed by atoms with Gasteiger partial charge < -0.3 is 20.5 Å². The quantitative estimate of drug-likeness (QED) is 0.695. The maximum atomic E-state index is 12.4. The van der Waals surface area contributed by atoms with Crippen LogP contribution >= 0.6 is 12.4 Å². The molecule has 1 amide bonds. The van der Waals surface area contributed by atoms with Gasteiger partial charge in [0.1, 0.15) is 0 Å². The molecule has 2 rings (SSSR count). The number of hydrogen-bond acceptors (Lipinski definition) is 4. The van der Waals surface area contributed by atoms with Gasteiger partial charge in [0.2, 0.25) is 5.91 Å². The van der Waals surface area contributed by atoms with E-state index in [-0.39, 0.29) is 30.3 Å². The monoisotopic (exact) mass is 334 g/mol. The predicted octanol–water partition coefficient (Wildman–Crippen LogP) is 1.73. The number of ether oxygens (including phenoxy) is 2. The van der Waals surface area contributed by atoms with E-state index in [0.717, 1.165) is 12.8 Å². The van der Waals surface area contributed by atoms with E-state index in [0.29, 0.717) is 37.7 Å². The van der Waals surface area contributed by atoms with Crippen molar-refractivity contribution in [1.29, 1.82) is 0 Å². The third-order valence-corrected chi connectivity index (χ3v) is 4.97.